The van der Waals surface area contributed by atoms with Gasteiger partial charge in [-0.1, -0.05) is 0 Å². The van der Waals surface area contributed by atoms with Crippen molar-refractivity contribution in [3.05, 3.63) is 14.2 Å². The summed E-state index contributed by atoms with van der Waals surface area (Å²) in [5.74, 6) is 0. The first-order valence-electron chi connectivity index (χ1n) is 3.73. The van der Waals surface area contributed by atoms with Crippen LogP contribution in [0.1, 0.15) is 6.42 Å². The summed E-state index contributed by atoms with van der Waals surface area (Å²) in [4.78, 5) is 37.4. The van der Waals surface area contributed by atoms with Crippen LogP contribution < -0.4 is 0 Å². The Hall–Kier alpha value is 1.19. The van der Waals surface area contributed by atoms with E-state index in [1.807, 2.05) is 0 Å². The van der Waals surface area contributed by atoms with Gasteiger partial charge in [0.25, 0.3) is 0 Å². The van der Waals surface area contributed by atoms with Crippen LogP contribution in [0.15, 0.2) is 0 Å². The van der Waals surface area contributed by atoms with E-state index >= 15 is 0 Å². The number of rotatable bonds is 2. The summed E-state index contributed by atoms with van der Waals surface area (Å²) in [6.07, 6.45) is 0.928. The van der Waals surface area contributed by atoms with Gasteiger partial charge >= 0.3 is 12.3 Å². The first-order valence-corrected chi connectivity index (χ1v) is 3.73. The summed E-state index contributed by atoms with van der Waals surface area (Å²) < 4.78 is 15.5. The summed E-state index contributed by atoms with van der Waals surface area (Å²) in [5.41, 5.74) is 0. The number of ether oxygens (including phenoxy) is 4. The molecule has 0 aromatic heterocycles. The van der Waals surface area contributed by atoms with E-state index in [-0.39, 0.29) is 105 Å². The summed E-state index contributed by atoms with van der Waals surface area (Å²) in [6.45, 7) is 0. The minimum atomic E-state index is -0.769. The molecule has 20 heavy (non-hydrogen) atoms. The van der Waals surface area contributed by atoms with Gasteiger partial charge in [-0.2, -0.15) is 14.2 Å². The maximum absolute atomic E-state index is 9.67. The zero-order valence-electron chi connectivity index (χ0n) is 11.1. The molecule has 0 saturated heterocycles. The number of carbonyl (C=O) groups is 2. The third kappa shape index (κ3) is 50.7. The molecule has 0 bridgehead atoms. The molecule has 0 amide bonds. The van der Waals surface area contributed by atoms with Gasteiger partial charge in [0.05, 0.1) is 14.2 Å². The zero-order chi connectivity index (χ0) is 14.1. The second-order valence-corrected chi connectivity index (χ2v) is 1.66. The Morgan fingerprint density at radius 1 is 0.850 bits per heavy atom. The second-order valence-electron chi connectivity index (χ2n) is 1.66. The smallest absolute Gasteiger partial charge is 0.475 e. The maximum atomic E-state index is 9.67. The van der Waals surface area contributed by atoms with Gasteiger partial charge in [0.1, 0.15) is 0 Å². The van der Waals surface area contributed by atoms with Gasteiger partial charge in [-0.15, -0.1) is 0 Å². The minimum absolute atomic E-state index is 0. The van der Waals surface area contributed by atoms with Crippen LogP contribution >= 0.6 is 0 Å². The number of carbonyl (C=O) groups excluding carboxylic acids is 4. The summed E-state index contributed by atoms with van der Waals surface area (Å²) >= 11 is 0. The van der Waals surface area contributed by atoms with Crippen LogP contribution in [0.5, 0.6) is 0 Å². The van der Waals surface area contributed by atoms with Crippen LogP contribution in [-0.4, -0.2) is 39.1 Å². The van der Waals surface area contributed by atoms with E-state index in [4.69, 9.17) is 9.59 Å². The molecule has 0 heterocycles. The Labute approximate surface area is 193 Å². The second kappa shape index (κ2) is 36.9. The van der Waals surface area contributed by atoms with Gasteiger partial charge in [-0.3, -0.25) is 19.0 Å². The Kier molecular flexibility index (Phi) is 69.1. The summed E-state index contributed by atoms with van der Waals surface area (Å²) in [7, 11) is 8.00. The SMILES string of the molecule is O=[C-]C[C-]=O.[CH2-]OC(=O)OC.[CH2-]OC(=O)OC.[Y].[Y].[Y]. The molecule has 0 aliphatic rings. The minimum Gasteiger partial charge on any atom is -0.609 e. The van der Waals surface area contributed by atoms with Gasteiger partial charge in [0, 0.05) is 98.1 Å². The topological polar surface area (TPSA) is 105 Å². The van der Waals surface area contributed by atoms with Crippen LogP contribution in [-0.2, 0) is 127 Å². The molecule has 8 nitrogen and oxygen atoms in total. The fourth-order valence-corrected chi connectivity index (χ4v) is 0.147. The summed E-state index contributed by atoms with van der Waals surface area (Å²) in [5, 5.41) is 0. The van der Waals surface area contributed by atoms with Crippen molar-refractivity contribution in [3.63, 3.8) is 0 Å². The van der Waals surface area contributed by atoms with E-state index in [9.17, 15) is 9.59 Å². The third-order valence-corrected chi connectivity index (χ3v) is 0.713. The molecule has 0 fully saturated rings. The molecule has 0 rings (SSSR count). The molecule has 0 aliphatic heterocycles. The molecule has 0 aliphatic carbocycles. The predicted molar refractivity (Wildman–Crippen MR) is 53.7 cm³/mol. The van der Waals surface area contributed by atoms with Crippen LogP contribution in [0, 0.1) is 14.2 Å². The van der Waals surface area contributed by atoms with Gasteiger partial charge in [-0.05, 0) is 0 Å². The largest absolute Gasteiger partial charge is 0.609 e. The quantitative estimate of drug-likeness (QED) is 0.301. The van der Waals surface area contributed by atoms with Gasteiger partial charge in [-0.25, -0.2) is 9.59 Å². The maximum Gasteiger partial charge on any atom is 0.475 e. The Morgan fingerprint density at radius 3 is 1.10 bits per heavy atom. The molecular formula is C9H12O8Y3-4. The van der Waals surface area contributed by atoms with Crippen molar-refractivity contribution >= 4 is 24.9 Å². The molecule has 109 valence electrons. The van der Waals surface area contributed by atoms with Crippen LogP contribution in [0.25, 0.3) is 0 Å². The molecule has 0 aromatic rings. The standard InChI is InChI=1S/2C3H5O3.C3H2O2.3Y/c2*1-5-3(4)6-2;4-2-1-3-5;;;/h2*1H2,2H3;1H2;;;/q2*-1;-2;;;. The third-order valence-electron chi connectivity index (χ3n) is 0.713. The molecule has 0 spiro atoms. The monoisotopic (exact) mass is 515 g/mol. The normalized spacial score (nSPS) is 5.80. The molecule has 0 atom stereocenters. The molecule has 3 radical (unpaired) electrons. The van der Waals surface area contributed by atoms with Crippen LogP contribution in [0.4, 0.5) is 9.59 Å². The number of hydrogen-bond acceptors (Lipinski definition) is 8. The molecule has 0 saturated carbocycles. The average molecular weight is 515 g/mol. The van der Waals surface area contributed by atoms with Crippen molar-refractivity contribution in [2.75, 3.05) is 14.2 Å². The van der Waals surface area contributed by atoms with Crippen molar-refractivity contribution in [1.29, 1.82) is 0 Å². The number of hydrogen-bond donors (Lipinski definition) is 0. The molecule has 11 heteroatoms. The molecule has 0 N–H and O–H groups in total. The van der Waals surface area contributed by atoms with Gasteiger partial charge in [0.2, 0.25) is 0 Å². The summed E-state index contributed by atoms with van der Waals surface area (Å²) in [6, 6.07) is 0. The predicted octanol–water partition coefficient (Wildman–Crippen LogP) is 0.710. The Balaban J connectivity index is -0.0000000343. The number of methoxy groups -OCH3 is 2. The molecule has 0 unspecified atom stereocenters. The van der Waals surface area contributed by atoms with E-state index in [2.05, 4.69) is 33.2 Å². The van der Waals surface area contributed by atoms with Crippen molar-refractivity contribution in [2.45, 2.75) is 6.42 Å². The molecular weight excluding hydrogens is 503 g/mol. The first-order chi connectivity index (χ1) is 8.03. The van der Waals surface area contributed by atoms with Crippen molar-refractivity contribution < 1.29 is 136 Å². The van der Waals surface area contributed by atoms with Gasteiger partial charge in [0.15, 0.2) is 0 Å². The van der Waals surface area contributed by atoms with E-state index in [0.29, 0.717) is 0 Å². The van der Waals surface area contributed by atoms with E-state index < -0.39 is 12.3 Å². The first kappa shape index (κ1) is 37.4. The van der Waals surface area contributed by atoms with Gasteiger partial charge < -0.3 is 28.5 Å². The van der Waals surface area contributed by atoms with E-state index in [0.717, 1.165) is 0 Å². The zero-order valence-corrected chi connectivity index (χ0v) is 19.6. The van der Waals surface area contributed by atoms with Crippen LogP contribution in [0.2, 0.25) is 0 Å². The Bertz CT molecular complexity index is 191. The van der Waals surface area contributed by atoms with Crippen molar-refractivity contribution in [1.82, 2.24) is 0 Å². The average Bonchev–Trinajstić information content (AvgIpc) is 2.39. The van der Waals surface area contributed by atoms with Crippen LogP contribution in [0.3, 0.4) is 0 Å². The van der Waals surface area contributed by atoms with Crippen molar-refractivity contribution in [3.8, 4) is 0 Å². The van der Waals surface area contributed by atoms with E-state index in [1.165, 1.54) is 26.8 Å². The van der Waals surface area contributed by atoms with E-state index in [1.54, 1.807) is 0 Å². The van der Waals surface area contributed by atoms with Crippen molar-refractivity contribution in [2.24, 2.45) is 0 Å². The fourth-order valence-electron chi connectivity index (χ4n) is 0.147. The fraction of sp³-hybridized carbons (Fsp3) is 0.333. The molecule has 0 aromatic carbocycles. The Morgan fingerprint density at radius 2 is 1.10 bits per heavy atom.